The Kier molecular flexibility index (Phi) is 2.86. The highest BCUT2D eigenvalue weighted by atomic mass is 16.6. The molecule has 17 heavy (non-hydrogen) atoms. The van der Waals surface area contributed by atoms with Gasteiger partial charge in [-0.25, -0.2) is 4.79 Å². The number of carboxylic acids is 1. The highest BCUT2D eigenvalue weighted by molar-refractivity contribution is 5.96. The van der Waals surface area contributed by atoms with Crippen LogP contribution in [0, 0.1) is 0 Å². The Morgan fingerprint density at radius 2 is 2.00 bits per heavy atom. The van der Waals surface area contributed by atoms with Crippen LogP contribution in [0.5, 0.6) is 11.5 Å². The summed E-state index contributed by atoms with van der Waals surface area (Å²) < 4.78 is 10.6. The van der Waals surface area contributed by atoms with Crippen molar-refractivity contribution in [3.05, 3.63) is 17.7 Å². The van der Waals surface area contributed by atoms with Crippen LogP contribution in [0.15, 0.2) is 12.1 Å². The van der Waals surface area contributed by atoms with E-state index in [1.807, 2.05) is 0 Å². The quantitative estimate of drug-likeness (QED) is 0.804. The van der Waals surface area contributed by atoms with Gasteiger partial charge in [0.05, 0.1) is 0 Å². The van der Waals surface area contributed by atoms with Crippen molar-refractivity contribution in [2.24, 2.45) is 0 Å². The first-order chi connectivity index (χ1) is 8.08. The van der Waals surface area contributed by atoms with Gasteiger partial charge < -0.3 is 19.9 Å². The summed E-state index contributed by atoms with van der Waals surface area (Å²) in [5.74, 6) is -0.866. The van der Waals surface area contributed by atoms with E-state index >= 15 is 0 Å². The van der Waals surface area contributed by atoms with E-state index in [4.69, 9.17) is 14.6 Å². The van der Waals surface area contributed by atoms with Crippen LogP contribution in [0.4, 0.5) is 5.69 Å². The zero-order chi connectivity index (χ0) is 12.4. The van der Waals surface area contributed by atoms with Gasteiger partial charge in [-0.05, 0) is 6.07 Å². The standard InChI is InChI=1S/C11H11NO5/c1-6(13)12-7-4-8(11(14)15)10-9(5-7)16-2-3-17-10/h4-5H,2-3H2,1H3,(H,12,13)(H,14,15). The summed E-state index contributed by atoms with van der Waals surface area (Å²) in [6.07, 6.45) is 0. The molecular weight excluding hydrogens is 226 g/mol. The molecule has 90 valence electrons. The Hall–Kier alpha value is -2.24. The number of aromatic carboxylic acids is 1. The van der Waals surface area contributed by atoms with Crippen molar-refractivity contribution >= 4 is 17.6 Å². The minimum absolute atomic E-state index is 0.0223. The number of ether oxygens (including phenoxy) is 2. The van der Waals surface area contributed by atoms with Crippen molar-refractivity contribution in [1.82, 2.24) is 0 Å². The first kappa shape index (κ1) is 11.3. The summed E-state index contributed by atoms with van der Waals surface area (Å²) in [7, 11) is 0. The van der Waals surface area contributed by atoms with E-state index in [2.05, 4.69) is 5.32 Å². The molecule has 0 aliphatic carbocycles. The van der Waals surface area contributed by atoms with Crippen molar-refractivity contribution in [2.45, 2.75) is 6.92 Å². The van der Waals surface area contributed by atoms with E-state index in [9.17, 15) is 9.59 Å². The van der Waals surface area contributed by atoms with Crippen LogP contribution in [-0.2, 0) is 4.79 Å². The van der Waals surface area contributed by atoms with Crippen molar-refractivity contribution in [1.29, 1.82) is 0 Å². The number of rotatable bonds is 2. The monoisotopic (exact) mass is 237 g/mol. The van der Waals surface area contributed by atoms with Gasteiger partial charge in [0.2, 0.25) is 5.91 Å². The molecule has 1 aliphatic rings. The lowest BCUT2D eigenvalue weighted by molar-refractivity contribution is -0.114. The number of benzene rings is 1. The van der Waals surface area contributed by atoms with Gasteiger partial charge in [-0.1, -0.05) is 0 Å². The van der Waals surface area contributed by atoms with Crippen molar-refractivity contribution in [2.75, 3.05) is 18.5 Å². The van der Waals surface area contributed by atoms with Crippen molar-refractivity contribution < 1.29 is 24.2 Å². The maximum absolute atomic E-state index is 11.1. The molecule has 1 amide bonds. The number of anilines is 1. The summed E-state index contributed by atoms with van der Waals surface area (Å²) >= 11 is 0. The van der Waals surface area contributed by atoms with Gasteiger partial charge in [-0.3, -0.25) is 4.79 Å². The van der Waals surface area contributed by atoms with Gasteiger partial charge in [0, 0.05) is 18.7 Å². The number of hydrogen-bond donors (Lipinski definition) is 2. The first-order valence-electron chi connectivity index (χ1n) is 5.02. The van der Waals surface area contributed by atoms with Gasteiger partial charge in [-0.15, -0.1) is 0 Å². The Balaban J connectivity index is 2.48. The molecule has 6 heteroatoms. The minimum atomic E-state index is -1.13. The Morgan fingerprint density at radius 3 is 2.65 bits per heavy atom. The third kappa shape index (κ3) is 2.30. The SMILES string of the molecule is CC(=O)Nc1cc2c(c(C(=O)O)c1)OCCO2. The van der Waals surface area contributed by atoms with E-state index < -0.39 is 5.97 Å². The van der Waals surface area contributed by atoms with Crippen molar-refractivity contribution in [3.8, 4) is 11.5 Å². The molecule has 0 bridgehead atoms. The normalized spacial score (nSPS) is 13.0. The zero-order valence-corrected chi connectivity index (χ0v) is 9.15. The third-order valence-electron chi connectivity index (χ3n) is 2.19. The summed E-state index contributed by atoms with van der Waals surface area (Å²) in [6.45, 7) is 2.01. The van der Waals surface area contributed by atoms with Crippen LogP contribution in [0.3, 0.4) is 0 Å². The minimum Gasteiger partial charge on any atom is -0.486 e. The molecule has 0 saturated heterocycles. The Morgan fingerprint density at radius 1 is 1.29 bits per heavy atom. The maximum atomic E-state index is 11.1. The molecule has 0 radical (unpaired) electrons. The number of hydrogen-bond acceptors (Lipinski definition) is 4. The van der Waals surface area contributed by atoms with E-state index in [1.165, 1.54) is 13.0 Å². The van der Waals surface area contributed by atoms with Crippen LogP contribution in [0.2, 0.25) is 0 Å². The van der Waals surface area contributed by atoms with Crippen LogP contribution in [0.1, 0.15) is 17.3 Å². The highest BCUT2D eigenvalue weighted by Gasteiger charge is 2.22. The fourth-order valence-corrected chi connectivity index (χ4v) is 1.59. The van der Waals surface area contributed by atoms with Crippen LogP contribution in [0.25, 0.3) is 0 Å². The highest BCUT2D eigenvalue weighted by Crippen LogP contribution is 2.36. The fourth-order valence-electron chi connectivity index (χ4n) is 1.59. The Bertz CT molecular complexity index is 483. The number of carboxylic acid groups (broad SMARTS) is 1. The molecule has 1 aliphatic heterocycles. The molecule has 0 aromatic heterocycles. The molecule has 2 rings (SSSR count). The second-order valence-electron chi connectivity index (χ2n) is 3.53. The summed E-state index contributed by atoms with van der Waals surface area (Å²) in [6, 6.07) is 2.89. The average molecular weight is 237 g/mol. The second-order valence-corrected chi connectivity index (χ2v) is 3.53. The molecule has 2 N–H and O–H groups in total. The Labute approximate surface area is 97.1 Å². The molecule has 1 aromatic carbocycles. The zero-order valence-electron chi connectivity index (χ0n) is 9.15. The second kappa shape index (κ2) is 4.32. The van der Waals surface area contributed by atoms with E-state index in [0.717, 1.165) is 0 Å². The maximum Gasteiger partial charge on any atom is 0.339 e. The molecule has 6 nitrogen and oxygen atoms in total. The first-order valence-corrected chi connectivity index (χ1v) is 5.02. The van der Waals surface area contributed by atoms with Gasteiger partial charge in [0.25, 0.3) is 0 Å². The van der Waals surface area contributed by atoms with Crippen LogP contribution in [-0.4, -0.2) is 30.2 Å². The summed E-state index contributed by atoms with van der Waals surface area (Å²) in [5, 5.41) is 11.6. The fraction of sp³-hybridized carbons (Fsp3) is 0.273. The summed E-state index contributed by atoms with van der Waals surface area (Å²) in [4.78, 5) is 22.0. The van der Waals surface area contributed by atoms with Crippen LogP contribution < -0.4 is 14.8 Å². The lowest BCUT2D eigenvalue weighted by atomic mass is 10.1. The number of carbonyl (C=O) groups excluding carboxylic acids is 1. The molecular formula is C11H11NO5. The van der Waals surface area contributed by atoms with Gasteiger partial charge in [0.1, 0.15) is 18.8 Å². The smallest absolute Gasteiger partial charge is 0.339 e. The topological polar surface area (TPSA) is 84.9 Å². The van der Waals surface area contributed by atoms with E-state index in [-0.39, 0.29) is 17.2 Å². The molecule has 0 spiro atoms. The molecule has 1 heterocycles. The largest absolute Gasteiger partial charge is 0.486 e. The van der Waals surface area contributed by atoms with Gasteiger partial charge >= 0.3 is 5.97 Å². The molecule has 0 unspecified atom stereocenters. The summed E-state index contributed by atoms with van der Waals surface area (Å²) in [5.41, 5.74) is 0.352. The predicted octanol–water partition coefficient (Wildman–Crippen LogP) is 1.11. The van der Waals surface area contributed by atoms with Gasteiger partial charge in [0.15, 0.2) is 11.5 Å². The predicted molar refractivity (Wildman–Crippen MR) is 58.7 cm³/mol. The lowest BCUT2D eigenvalue weighted by Gasteiger charge is -2.20. The lowest BCUT2D eigenvalue weighted by Crippen LogP contribution is -2.18. The van der Waals surface area contributed by atoms with Gasteiger partial charge in [-0.2, -0.15) is 0 Å². The number of carbonyl (C=O) groups is 2. The molecule has 1 aromatic rings. The molecule has 0 saturated carbocycles. The van der Waals surface area contributed by atoms with E-state index in [0.29, 0.717) is 24.7 Å². The number of nitrogens with one attached hydrogen (secondary N) is 1. The molecule has 0 fully saturated rings. The third-order valence-corrected chi connectivity index (χ3v) is 2.19. The van der Waals surface area contributed by atoms with E-state index in [1.54, 1.807) is 6.07 Å². The number of fused-ring (bicyclic) bond motifs is 1. The van der Waals surface area contributed by atoms with Crippen molar-refractivity contribution in [3.63, 3.8) is 0 Å². The average Bonchev–Trinajstić information content (AvgIpc) is 2.27. The number of amides is 1. The van der Waals surface area contributed by atoms with Crippen LogP contribution >= 0.6 is 0 Å². The molecule has 0 atom stereocenters.